The van der Waals surface area contributed by atoms with Gasteiger partial charge < -0.3 is 10.1 Å². The second-order valence-electron chi connectivity index (χ2n) is 6.11. The average Bonchev–Trinajstić information content (AvgIpc) is 2.55. The van der Waals surface area contributed by atoms with Crippen LogP contribution in [0, 0.1) is 0 Å². The van der Waals surface area contributed by atoms with Crippen LogP contribution in [0.1, 0.15) is 38.7 Å². The molecule has 4 heteroatoms. The Bertz CT molecular complexity index is 450. The fourth-order valence-corrected chi connectivity index (χ4v) is 2.83. The third-order valence-corrected chi connectivity index (χ3v) is 4.35. The summed E-state index contributed by atoms with van der Waals surface area (Å²) in [5, 5.41) is 2.98. The Morgan fingerprint density at radius 2 is 2.14 bits per heavy atom. The number of rotatable bonds is 7. The molecule has 0 saturated carbocycles. The van der Waals surface area contributed by atoms with Crippen molar-refractivity contribution in [2.75, 3.05) is 19.6 Å². The van der Waals surface area contributed by atoms with E-state index in [9.17, 15) is 4.79 Å². The quantitative estimate of drug-likeness (QED) is 0.842. The SMILES string of the molecule is C[C@@H](OCc1ccccc1)C(=O)NCCN1CCCC[C@@H]1C. The van der Waals surface area contributed by atoms with Crippen LogP contribution >= 0.6 is 0 Å². The van der Waals surface area contributed by atoms with Crippen LogP contribution in [-0.4, -0.2) is 42.6 Å². The number of nitrogens with one attached hydrogen (secondary N) is 1. The first-order chi connectivity index (χ1) is 10.7. The van der Waals surface area contributed by atoms with Gasteiger partial charge in [-0.15, -0.1) is 0 Å². The summed E-state index contributed by atoms with van der Waals surface area (Å²) in [4.78, 5) is 14.5. The van der Waals surface area contributed by atoms with Gasteiger partial charge in [-0.3, -0.25) is 9.69 Å². The van der Waals surface area contributed by atoms with Crippen molar-refractivity contribution in [3.8, 4) is 0 Å². The van der Waals surface area contributed by atoms with Crippen molar-refractivity contribution in [3.63, 3.8) is 0 Å². The third kappa shape index (κ3) is 5.43. The molecule has 1 fully saturated rings. The van der Waals surface area contributed by atoms with Gasteiger partial charge in [-0.1, -0.05) is 36.8 Å². The Labute approximate surface area is 133 Å². The van der Waals surface area contributed by atoms with Crippen LogP contribution in [0.5, 0.6) is 0 Å². The Kier molecular flexibility index (Phi) is 6.87. The van der Waals surface area contributed by atoms with Crippen LogP contribution < -0.4 is 5.32 Å². The molecule has 0 bridgehead atoms. The molecule has 22 heavy (non-hydrogen) atoms. The smallest absolute Gasteiger partial charge is 0.248 e. The molecule has 1 aromatic carbocycles. The lowest BCUT2D eigenvalue weighted by Gasteiger charge is -2.33. The number of carbonyl (C=O) groups is 1. The molecular weight excluding hydrogens is 276 g/mol. The summed E-state index contributed by atoms with van der Waals surface area (Å²) in [6.45, 7) is 7.32. The predicted octanol–water partition coefficient (Wildman–Crippen LogP) is 2.58. The van der Waals surface area contributed by atoms with Gasteiger partial charge in [0.1, 0.15) is 6.10 Å². The molecule has 1 amide bonds. The molecule has 2 atom stereocenters. The maximum absolute atomic E-state index is 12.0. The summed E-state index contributed by atoms with van der Waals surface area (Å²) >= 11 is 0. The van der Waals surface area contributed by atoms with E-state index >= 15 is 0 Å². The van der Waals surface area contributed by atoms with Gasteiger partial charge in [-0.2, -0.15) is 0 Å². The summed E-state index contributed by atoms with van der Waals surface area (Å²) < 4.78 is 5.63. The van der Waals surface area contributed by atoms with Gasteiger partial charge in [0, 0.05) is 19.1 Å². The highest BCUT2D eigenvalue weighted by atomic mass is 16.5. The number of likely N-dealkylation sites (tertiary alicyclic amines) is 1. The first kappa shape index (κ1) is 17.0. The zero-order valence-electron chi connectivity index (χ0n) is 13.8. The van der Waals surface area contributed by atoms with E-state index in [1.54, 1.807) is 0 Å². The highest BCUT2D eigenvalue weighted by Crippen LogP contribution is 2.15. The van der Waals surface area contributed by atoms with Crippen LogP contribution in [0.15, 0.2) is 30.3 Å². The van der Waals surface area contributed by atoms with Crippen LogP contribution in [0.2, 0.25) is 0 Å². The van der Waals surface area contributed by atoms with E-state index in [4.69, 9.17) is 4.74 Å². The molecule has 0 spiro atoms. The number of ether oxygens (including phenoxy) is 1. The zero-order chi connectivity index (χ0) is 15.8. The van der Waals surface area contributed by atoms with Crippen molar-refractivity contribution >= 4 is 5.91 Å². The molecule has 1 aliphatic rings. The number of amides is 1. The Morgan fingerprint density at radius 1 is 1.36 bits per heavy atom. The van der Waals surface area contributed by atoms with E-state index in [-0.39, 0.29) is 5.91 Å². The maximum atomic E-state index is 12.0. The molecule has 1 N–H and O–H groups in total. The van der Waals surface area contributed by atoms with Crippen molar-refractivity contribution in [1.29, 1.82) is 0 Å². The van der Waals surface area contributed by atoms with Gasteiger partial charge >= 0.3 is 0 Å². The molecule has 1 heterocycles. The van der Waals surface area contributed by atoms with Crippen molar-refractivity contribution in [2.24, 2.45) is 0 Å². The predicted molar refractivity (Wildman–Crippen MR) is 88.6 cm³/mol. The van der Waals surface area contributed by atoms with Gasteiger partial charge in [0.05, 0.1) is 6.61 Å². The lowest BCUT2D eigenvalue weighted by Crippen LogP contribution is -2.44. The topological polar surface area (TPSA) is 41.6 Å². The monoisotopic (exact) mass is 304 g/mol. The molecule has 0 unspecified atom stereocenters. The highest BCUT2D eigenvalue weighted by Gasteiger charge is 2.18. The van der Waals surface area contributed by atoms with Crippen LogP contribution in [-0.2, 0) is 16.1 Å². The summed E-state index contributed by atoms with van der Waals surface area (Å²) in [7, 11) is 0. The second kappa shape index (κ2) is 8.91. The summed E-state index contributed by atoms with van der Waals surface area (Å²) in [6.07, 6.45) is 3.45. The van der Waals surface area contributed by atoms with E-state index in [2.05, 4.69) is 17.1 Å². The fraction of sp³-hybridized carbons (Fsp3) is 0.611. The van der Waals surface area contributed by atoms with Crippen molar-refractivity contribution in [2.45, 2.75) is 51.9 Å². The van der Waals surface area contributed by atoms with E-state index < -0.39 is 6.10 Å². The van der Waals surface area contributed by atoms with Crippen molar-refractivity contribution in [1.82, 2.24) is 10.2 Å². The maximum Gasteiger partial charge on any atom is 0.248 e. The van der Waals surface area contributed by atoms with Crippen molar-refractivity contribution in [3.05, 3.63) is 35.9 Å². The summed E-state index contributed by atoms with van der Waals surface area (Å²) in [5.41, 5.74) is 1.09. The third-order valence-electron chi connectivity index (χ3n) is 4.35. The van der Waals surface area contributed by atoms with Gasteiger partial charge in [0.15, 0.2) is 0 Å². The normalized spacial score (nSPS) is 20.5. The lowest BCUT2D eigenvalue weighted by molar-refractivity contribution is -0.132. The van der Waals surface area contributed by atoms with E-state index in [0.29, 0.717) is 19.2 Å². The highest BCUT2D eigenvalue weighted by molar-refractivity contribution is 5.80. The van der Waals surface area contributed by atoms with Gasteiger partial charge in [0.2, 0.25) is 5.91 Å². The van der Waals surface area contributed by atoms with Crippen molar-refractivity contribution < 1.29 is 9.53 Å². The molecule has 4 nitrogen and oxygen atoms in total. The van der Waals surface area contributed by atoms with Crippen LogP contribution in [0.4, 0.5) is 0 Å². The van der Waals surface area contributed by atoms with E-state index in [0.717, 1.165) is 18.7 Å². The van der Waals surface area contributed by atoms with Gasteiger partial charge in [-0.25, -0.2) is 0 Å². The van der Waals surface area contributed by atoms with Crippen LogP contribution in [0.3, 0.4) is 0 Å². The molecule has 0 aromatic heterocycles. The largest absolute Gasteiger partial charge is 0.364 e. The second-order valence-corrected chi connectivity index (χ2v) is 6.11. The molecular formula is C18H28N2O2. The Morgan fingerprint density at radius 3 is 2.86 bits per heavy atom. The minimum Gasteiger partial charge on any atom is -0.364 e. The minimum absolute atomic E-state index is 0.0272. The Balaban J connectivity index is 1.63. The lowest BCUT2D eigenvalue weighted by atomic mass is 10.0. The first-order valence-corrected chi connectivity index (χ1v) is 8.34. The number of nitrogens with zero attached hydrogens (tertiary/aromatic N) is 1. The fourth-order valence-electron chi connectivity index (χ4n) is 2.83. The number of carbonyl (C=O) groups excluding carboxylic acids is 1. The number of hydrogen-bond acceptors (Lipinski definition) is 3. The zero-order valence-corrected chi connectivity index (χ0v) is 13.8. The summed E-state index contributed by atoms with van der Waals surface area (Å²) in [5.74, 6) is -0.0272. The average molecular weight is 304 g/mol. The molecule has 0 radical (unpaired) electrons. The minimum atomic E-state index is -0.418. The number of piperidine rings is 1. The molecule has 0 aliphatic carbocycles. The van der Waals surface area contributed by atoms with E-state index in [1.165, 1.54) is 19.3 Å². The van der Waals surface area contributed by atoms with Gasteiger partial charge in [-0.05, 0) is 38.8 Å². The molecule has 1 saturated heterocycles. The van der Waals surface area contributed by atoms with Crippen LogP contribution in [0.25, 0.3) is 0 Å². The molecule has 2 rings (SSSR count). The number of benzene rings is 1. The van der Waals surface area contributed by atoms with Gasteiger partial charge in [0.25, 0.3) is 0 Å². The molecule has 122 valence electrons. The first-order valence-electron chi connectivity index (χ1n) is 8.34. The summed E-state index contributed by atoms with van der Waals surface area (Å²) in [6, 6.07) is 10.6. The molecule has 1 aromatic rings. The molecule has 1 aliphatic heterocycles. The number of hydrogen-bond donors (Lipinski definition) is 1. The standard InChI is InChI=1S/C18H28N2O2/c1-15-8-6-7-12-20(15)13-11-19-18(21)16(2)22-14-17-9-4-3-5-10-17/h3-5,9-10,15-16H,6-8,11-14H2,1-2H3,(H,19,21)/t15-,16+/m0/s1. The Hall–Kier alpha value is -1.39. The van der Waals surface area contributed by atoms with E-state index in [1.807, 2.05) is 37.3 Å².